The Morgan fingerprint density at radius 2 is 1.71 bits per heavy atom. The maximum absolute atomic E-state index is 13.3. The number of anilines is 1. The molecule has 6 heteroatoms. The Morgan fingerprint density at radius 3 is 2.35 bits per heavy atom. The van der Waals surface area contributed by atoms with Gasteiger partial charge in [0.05, 0.1) is 11.5 Å². The number of nitrogens with zero attached hydrogens (tertiary/aromatic N) is 2. The predicted octanol–water partition coefficient (Wildman–Crippen LogP) is 5.20. The number of para-hydroxylation sites is 1. The first kappa shape index (κ1) is 23.6. The minimum absolute atomic E-state index is 0.189. The number of hydrogen-bond acceptors (Lipinski definition) is 4. The van der Waals surface area contributed by atoms with Gasteiger partial charge in [0.1, 0.15) is 5.75 Å². The van der Waals surface area contributed by atoms with E-state index in [1.807, 2.05) is 24.3 Å². The topological polar surface area (TPSA) is 49.9 Å². The highest BCUT2D eigenvalue weighted by molar-refractivity contribution is 7.89. The number of piperazine rings is 1. The first-order valence-electron chi connectivity index (χ1n) is 11.4. The number of sulfonamides is 1. The standard InChI is InChI=1S/C25H36N2O3S/c1-5-6-9-18-30-25-13-12-22(19-23(25)20(2)3)31(28,29)27-16-14-26(15-17-27)24-11-8-7-10-21(24)4/h7-8,10-13,19-20H,5-6,9,14-18H2,1-4H3. The molecule has 0 spiro atoms. The van der Waals surface area contributed by atoms with Gasteiger partial charge in [0.2, 0.25) is 10.0 Å². The summed E-state index contributed by atoms with van der Waals surface area (Å²) in [5, 5.41) is 0. The smallest absolute Gasteiger partial charge is 0.243 e. The minimum atomic E-state index is -3.53. The molecule has 1 aliphatic heterocycles. The molecule has 3 rings (SSSR count). The first-order chi connectivity index (χ1) is 14.8. The van der Waals surface area contributed by atoms with Gasteiger partial charge in [0.15, 0.2) is 0 Å². The highest BCUT2D eigenvalue weighted by atomic mass is 32.2. The molecule has 0 N–H and O–H groups in total. The lowest BCUT2D eigenvalue weighted by Crippen LogP contribution is -2.48. The second-order valence-corrected chi connectivity index (χ2v) is 10.5. The van der Waals surface area contributed by atoms with E-state index in [-0.39, 0.29) is 5.92 Å². The molecule has 1 saturated heterocycles. The molecule has 5 nitrogen and oxygen atoms in total. The van der Waals surface area contributed by atoms with Crippen molar-refractivity contribution in [2.45, 2.75) is 57.8 Å². The van der Waals surface area contributed by atoms with Gasteiger partial charge in [-0.1, -0.05) is 51.8 Å². The number of rotatable bonds is 9. The van der Waals surface area contributed by atoms with E-state index in [1.54, 1.807) is 10.4 Å². The normalized spacial score (nSPS) is 15.5. The van der Waals surface area contributed by atoms with Gasteiger partial charge < -0.3 is 9.64 Å². The van der Waals surface area contributed by atoms with Crippen molar-refractivity contribution < 1.29 is 13.2 Å². The Balaban J connectivity index is 1.73. The number of aryl methyl sites for hydroxylation is 1. The highest BCUT2D eigenvalue weighted by Crippen LogP contribution is 2.31. The summed E-state index contributed by atoms with van der Waals surface area (Å²) in [5.74, 6) is 0.989. The van der Waals surface area contributed by atoms with Crippen molar-refractivity contribution in [3.05, 3.63) is 53.6 Å². The van der Waals surface area contributed by atoms with Gasteiger partial charge >= 0.3 is 0 Å². The summed E-state index contributed by atoms with van der Waals surface area (Å²) in [5.41, 5.74) is 3.36. The van der Waals surface area contributed by atoms with Crippen LogP contribution in [0.15, 0.2) is 47.4 Å². The van der Waals surface area contributed by atoms with E-state index < -0.39 is 10.0 Å². The lowest BCUT2D eigenvalue weighted by Gasteiger charge is -2.36. The van der Waals surface area contributed by atoms with Crippen LogP contribution in [0.1, 0.15) is 57.1 Å². The summed E-state index contributed by atoms with van der Waals surface area (Å²) in [6, 6.07) is 13.6. The van der Waals surface area contributed by atoms with Gasteiger partial charge in [0, 0.05) is 31.9 Å². The maximum atomic E-state index is 13.3. The molecule has 0 unspecified atom stereocenters. The van der Waals surface area contributed by atoms with Crippen molar-refractivity contribution in [1.82, 2.24) is 4.31 Å². The van der Waals surface area contributed by atoms with Crippen LogP contribution in [0.2, 0.25) is 0 Å². The van der Waals surface area contributed by atoms with Crippen molar-refractivity contribution in [3.8, 4) is 5.75 Å². The second kappa shape index (κ2) is 10.5. The fraction of sp³-hybridized carbons (Fsp3) is 0.520. The van der Waals surface area contributed by atoms with Crippen molar-refractivity contribution in [2.24, 2.45) is 0 Å². The predicted molar refractivity (Wildman–Crippen MR) is 128 cm³/mol. The molecule has 0 saturated carbocycles. The molecule has 170 valence electrons. The Bertz CT molecular complexity index is 964. The molecule has 2 aromatic rings. The van der Waals surface area contributed by atoms with Gasteiger partial charge in [-0.25, -0.2) is 8.42 Å². The van der Waals surface area contributed by atoms with E-state index in [9.17, 15) is 8.42 Å². The van der Waals surface area contributed by atoms with E-state index in [2.05, 4.69) is 44.7 Å². The molecule has 31 heavy (non-hydrogen) atoms. The van der Waals surface area contributed by atoms with Gasteiger partial charge in [0.25, 0.3) is 0 Å². The zero-order valence-corrected chi connectivity index (χ0v) is 20.1. The summed E-state index contributed by atoms with van der Waals surface area (Å²) in [6.07, 6.45) is 3.30. The highest BCUT2D eigenvalue weighted by Gasteiger charge is 2.29. The quantitative estimate of drug-likeness (QED) is 0.499. The van der Waals surface area contributed by atoms with Gasteiger partial charge in [-0.2, -0.15) is 4.31 Å². The molecule has 2 aromatic carbocycles. The fourth-order valence-electron chi connectivity index (χ4n) is 4.04. The monoisotopic (exact) mass is 444 g/mol. The Labute approximate surface area is 188 Å². The van der Waals surface area contributed by atoms with E-state index in [0.29, 0.717) is 37.7 Å². The summed E-state index contributed by atoms with van der Waals surface area (Å²) in [4.78, 5) is 2.63. The Hall–Kier alpha value is -2.05. The zero-order chi connectivity index (χ0) is 22.4. The van der Waals surface area contributed by atoms with E-state index >= 15 is 0 Å². The molecular weight excluding hydrogens is 408 g/mol. The first-order valence-corrected chi connectivity index (χ1v) is 12.9. The summed E-state index contributed by atoms with van der Waals surface area (Å²) in [7, 11) is -3.53. The van der Waals surface area contributed by atoms with Crippen LogP contribution in [0, 0.1) is 6.92 Å². The average Bonchev–Trinajstić information content (AvgIpc) is 2.77. The summed E-state index contributed by atoms with van der Waals surface area (Å²) < 4.78 is 34.3. The van der Waals surface area contributed by atoms with Crippen molar-refractivity contribution >= 4 is 15.7 Å². The maximum Gasteiger partial charge on any atom is 0.243 e. The number of hydrogen-bond donors (Lipinski definition) is 0. The molecule has 0 amide bonds. The molecule has 1 fully saturated rings. The molecule has 1 aliphatic rings. The van der Waals surface area contributed by atoms with Crippen LogP contribution in [-0.2, 0) is 10.0 Å². The van der Waals surface area contributed by atoms with Gasteiger partial charge in [-0.15, -0.1) is 0 Å². The van der Waals surface area contributed by atoms with Crippen LogP contribution in [0.3, 0.4) is 0 Å². The van der Waals surface area contributed by atoms with Crippen LogP contribution < -0.4 is 9.64 Å². The third-order valence-electron chi connectivity index (χ3n) is 5.94. The second-order valence-electron chi connectivity index (χ2n) is 8.59. The summed E-state index contributed by atoms with van der Waals surface area (Å²) >= 11 is 0. The van der Waals surface area contributed by atoms with Crippen molar-refractivity contribution in [3.63, 3.8) is 0 Å². The third kappa shape index (κ3) is 5.60. The minimum Gasteiger partial charge on any atom is -0.493 e. The van der Waals surface area contributed by atoms with Crippen LogP contribution in [-0.4, -0.2) is 45.5 Å². The SMILES string of the molecule is CCCCCOc1ccc(S(=O)(=O)N2CCN(c3ccccc3C)CC2)cc1C(C)C. The molecule has 0 bridgehead atoms. The number of benzene rings is 2. The van der Waals surface area contributed by atoms with Crippen LogP contribution in [0.25, 0.3) is 0 Å². The van der Waals surface area contributed by atoms with Crippen molar-refractivity contribution in [1.29, 1.82) is 0 Å². The molecule has 0 aliphatic carbocycles. The van der Waals surface area contributed by atoms with Crippen LogP contribution in [0.4, 0.5) is 5.69 Å². The number of ether oxygens (including phenoxy) is 1. The molecule has 0 aromatic heterocycles. The van der Waals surface area contributed by atoms with Gasteiger partial charge in [-0.05, 0) is 54.7 Å². The van der Waals surface area contributed by atoms with Gasteiger partial charge in [-0.3, -0.25) is 0 Å². The third-order valence-corrected chi connectivity index (χ3v) is 7.84. The number of unbranched alkanes of at least 4 members (excludes halogenated alkanes) is 2. The van der Waals surface area contributed by atoms with Crippen LogP contribution >= 0.6 is 0 Å². The Kier molecular flexibility index (Phi) is 8.00. The van der Waals surface area contributed by atoms with Crippen LogP contribution in [0.5, 0.6) is 5.75 Å². The lowest BCUT2D eigenvalue weighted by molar-refractivity contribution is 0.302. The zero-order valence-electron chi connectivity index (χ0n) is 19.3. The molecule has 0 radical (unpaired) electrons. The Morgan fingerprint density at radius 1 is 1.00 bits per heavy atom. The van der Waals surface area contributed by atoms with E-state index in [0.717, 1.165) is 30.6 Å². The van der Waals surface area contributed by atoms with Crippen molar-refractivity contribution in [2.75, 3.05) is 37.7 Å². The molecular formula is C25H36N2O3S. The van der Waals surface area contributed by atoms with E-state index in [4.69, 9.17) is 4.74 Å². The van der Waals surface area contributed by atoms with E-state index in [1.165, 1.54) is 11.3 Å². The molecule has 0 atom stereocenters. The largest absolute Gasteiger partial charge is 0.493 e. The average molecular weight is 445 g/mol. The summed E-state index contributed by atoms with van der Waals surface area (Å²) in [6.45, 7) is 11.4. The molecule has 1 heterocycles. The fourth-order valence-corrected chi connectivity index (χ4v) is 5.50. The lowest BCUT2D eigenvalue weighted by atomic mass is 10.0.